The van der Waals surface area contributed by atoms with E-state index in [1.807, 2.05) is 0 Å². The highest BCUT2D eigenvalue weighted by atomic mass is 32.2. The Morgan fingerprint density at radius 2 is 1.46 bits per heavy atom. The molecule has 0 aromatic heterocycles. The summed E-state index contributed by atoms with van der Waals surface area (Å²) in [6, 6.07) is 12.6. The van der Waals surface area contributed by atoms with Crippen molar-refractivity contribution in [3.05, 3.63) is 88.0 Å². The fraction of sp³-hybridized carbons (Fsp3) is 0.114. The lowest BCUT2D eigenvalue weighted by Crippen LogP contribution is -2.13. The molecule has 0 fully saturated rings. The van der Waals surface area contributed by atoms with Gasteiger partial charge in [-0.2, -0.15) is 27.1 Å². The number of aromatic hydroxyl groups is 1. The number of amides is 1. The third kappa shape index (κ3) is 10.3. The number of benzene rings is 5. The number of hydrogen-bond donors (Lipinski definition) is 7. The van der Waals surface area contributed by atoms with Gasteiger partial charge in [-0.3, -0.25) is 28.8 Å². The van der Waals surface area contributed by atoms with Crippen LogP contribution in [0.15, 0.2) is 107 Å². The number of aryl methyl sites for hydroxylation is 1. The number of carboxylic acid groups (broad SMARTS) is 2. The van der Waals surface area contributed by atoms with Crippen molar-refractivity contribution in [2.24, 2.45) is 30.7 Å². The summed E-state index contributed by atoms with van der Waals surface area (Å²) in [6.07, 6.45) is -0.986. The number of aromatic carboxylic acids is 1. The Labute approximate surface area is 342 Å². The number of ether oxygens (including phenoxy) is 1. The van der Waals surface area contributed by atoms with Crippen LogP contribution in [-0.4, -0.2) is 71.1 Å². The molecule has 0 aliphatic rings. The molecule has 316 valence electrons. The number of rotatable bonds is 15. The minimum atomic E-state index is -5.43. The van der Waals surface area contributed by atoms with Crippen LogP contribution in [-0.2, 0) is 29.8 Å². The van der Waals surface area contributed by atoms with Crippen molar-refractivity contribution < 1.29 is 65.3 Å². The van der Waals surface area contributed by atoms with Gasteiger partial charge in [0.2, 0.25) is 5.91 Å². The Kier molecular flexibility index (Phi) is 12.8. The Morgan fingerprint density at radius 3 is 2.08 bits per heavy atom. The molecule has 0 bridgehead atoms. The van der Waals surface area contributed by atoms with Crippen LogP contribution in [0, 0.1) is 17.0 Å². The van der Waals surface area contributed by atoms with Crippen molar-refractivity contribution in [2.75, 3.05) is 18.2 Å². The highest BCUT2D eigenvalue weighted by Gasteiger charge is 2.29. The summed E-state index contributed by atoms with van der Waals surface area (Å²) < 4.78 is 76.0. The monoisotopic (exact) mass is 879 g/mol. The highest BCUT2D eigenvalue weighted by molar-refractivity contribution is 7.86. The molecule has 61 heavy (non-hydrogen) atoms. The highest BCUT2D eigenvalue weighted by Crippen LogP contribution is 2.49. The minimum Gasteiger partial charge on any atom is -0.505 e. The number of methoxy groups -OCH3 is 1. The van der Waals surface area contributed by atoms with Gasteiger partial charge >= 0.3 is 11.9 Å². The maximum Gasteiger partial charge on any atom is 0.335 e. The van der Waals surface area contributed by atoms with Gasteiger partial charge in [-0.25, -0.2) is 4.79 Å². The van der Waals surface area contributed by atoms with Crippen molar-refractivity contribution in [3.8, 4) is 11.5 Å². The van der Waals surface area contributed by atoms with E-state index in [0.717, 1.165) is 18.2 Å². The van der Waals surface area contributed by atoms with Crippen molar-refractivity contribution >= 4 is 100 Å². The van der Waals surface area contributed by atoms with Crippen LogP contribution < -0.4 is 15.8 Å². The average Bonchev–Trinajstić information content (AvgIpc) is 3.18. The standard InChI is InChI=1S/C35H29N9O15S2/c1-16-10-23(26(59-2)14-22(16)40-38-19-5-3-4-17(11-19)35(49)50)41-42-24-15-27(60(53,54)55)20-13-28(61(56,57)58)33(34(48)31(20)32(24)36)43-39-21-7-6-18(12-25(21)44(51)52)37-29(45)8-9-30(46)47/h3-7,10-15,48H,8-9,36H2,1-2H3,(H,37,45)(H,46,47)(H,49,50)(H,53,54,55)(H,56,57,58). The number of carbonyl (C=O) groups excluding carboxylic acids is 1. The molecule has 0 atom stereocenters. The maximum atomic E-state index is 12.6. The van der Waals surface area contributed by atoms with Crippen molar-refractivity contribution in [2.45, 2.75) is 29.6 Å². The lowest BCUT2D eigenvalue weighted by atomic mass is 10.0. The van der Waals surface area contributed by atoms with Gasteiger partial charge in [-0.05, 0) is 61.0 Å². The molecule has 0 saturated heterocycles. The molecule has 0 aliphatic heterocycles. The van der Waals surface area contributed by atoms with Crippen LogP contribution in [0.5, 0.6) is 11.5 Å². The lowest BCUT2D eigenvalue weighted by Gasteiger charge is -2.14. The van der Waals surface area contributed by atoms with Gasteiger partial charge in [0.25, 0.3) is 25.9 Å². The zero-order chi connectivity index (χ0) is 45.0. The number of carbonyl (C=O) groups is 3. The summed E-state index contributed by atoms with van der Waals surface area (Å²) >= 11 is 0. The molecule has 5 aromatic rings. The average molecular weight is 880 g/mol. The maximum absolute atomic E-state index is 12.6. The Hall–Kier alpha value is -7.81. The van der Waals surface area contributed by atoms with Gasteiger partial charge in [0, 0.05) is 29.6 Å². The van der Waals surface area contributed by atoms with Gasteiger partial charge in [0.15, 0.2) is 11.4 Å². The smallest absolute Gasteiger partial charge is 0.335 e. The number of fused-ring (bicyclic) bond motifs is 1. The Bertz CT molecular complexity index is 2990. The molecule has 24 nitrogen and oxygen atoms in total. The number of aliphatic carboxylic acids is 1. The van der Waals surface area contributed by atoms with E-state index < -0.39 is 111 Å². The van der Waals surface area contributed by atoms with Crippen LogP contribution in [0.4, 0.5) is 51.2 Å². The molecule has 5 rings (SSSR count). The molecule has 26 heteroatoms. The van der Waals surface area contributed by atoms with Gasteiger partial charge < -0.3 is 31.1 Å². The molecular formula is C35H29N9O15S2. The summed E-state index contributed by atoms with van der Waals surface area (Å²) in [5, 5.41) is 65.7. The molecule has 0 aliphatic carbocycles. The van der Waals surface area contributed by atoms with E-state index in [1.54, 1.807) is 6.92 Å². The predicted octanol–water partition coefficient (Wildman–Crippen LogP) is 7.59. The van der Waals surface area contributed by atoms with Gasteiger partial charge in [0.05, 0.1) is 46.5 Å². The van der Waals surface area contributed by atoms with E-state index >= 15 is 0 Å². The number of nitrogens with zero attached hydrogens (tertiary/aromatic N) is 7. The lowest BCUT2D eigenvalue weighted by molar-refractivity contribution is -0.384. The normalized spacial score (nSPS) is 12.1. The van der Waals surface area contributed by atoms with Gasteiger partial charge in [-0.15, -0.1) is 20.5 Å². The van der Waals surface area contributed by atoms with Gasteiger partial charge in [-0.1, -0.05) is 6.07 Å². The first kappa shape index (κ1) is 44.3. The van der Waals surface area contributed by atoms with E-state index in [1.165, 1.54) is 43.5 Å². The molecule has 0 radical (unpaired) electrons. The van der Waals surface area contributed by atoms with E-state index in [9.17, 15) is 60.7 Å². The van der Waals surface area contributed by atoms with Crippen LogP contribution in [0.1, 0.15) is 28.8 Å². The number of carboxylic acids is 2. The number of nitrogens with one attached hydrogen (secondary N) is 1. The molecule has 1 amide bonds. The van der Waals surface area contributed by atoms with Crippen LogP contribution in [0.2, 0.25) is 0 Å². The zero-order valence-corrected chi connectivity index (χ0v) is 32.7. The van der Waals surface area contributed by atoms with Crippen molar-refractivity contribution in [1.29, 1.82) is 0 Å². The summed E-state index contributed by atoms with van der Waals surface area (Å²) in [5.74, 6) is -4.43. The number of phenolic OH excluding ortho intramolecular Hbond substituents is 1. The Morgan fingerprint density at radius 1 is 0.803 bits per heavy atom. The largest absolute Gasteiger partial charge is 0.505 e. The fourth-order valence-electron chi connectivity index (χ4n) is 5.41. The first-order chi connectivity index (χ1) is 28.6. The van der Waals surface area contributed by atoms with Crippen molar-refractivity contribution in [3.63, 3.8) is 0 Å². The van der Waals surface area contributed by atoms with Crippen molar-refractivity contribution in [1.82, 2.24) is 0 Å². The van der Waals surface area contributed by atoms with Crippen LogP contribution in [0.3, 0.4) is 0 Å². The zero-order valence-electron chi connectivity index (χ0n) is 31.1. The van der Waals surface area contributed by atoms with E-state index in [0.29, 0.717) is 17.7 Å². The summed E-state index contributed by atoms with van der Waals surface area (Å²) in [4.78, 5) is 42.7. The summed E-state index contributed by atoms with van der Waals surface area (Å²) in [5.41, 5.74) is 3.45. The Balaban J connectivity index is 1.62. The molecule has 0 heterocycles. The summed E-state index contributed by atoms with van der Waals surface area (Å²) in [6.45, 7) is 1.61. The number of nitrogen functional groups attached to an aromatic ring is 1. The first-order valence-corrected chi connectivity index (χ1v) is 19.6. The number of nitro benzene ring substituents is 1. The molecular weight excluding hydrogens is 851 g/mol. The van der Waals surface area contributed by atoms with Gasteiger partial charge in [0.1, 0.15) is 32.6 Å². The molecule has 0 spiro atoms. The van der Waals surface area contributed by atoms with E-state index in [2.05, 4.69) is 36.0 Å². The number of phenols is 1. The van der Waals surface area contributed by atoms with E-state index in [4.69, 9.17) is 15.6 Å². The van der Waals surface area contributed by atoms with Crippen LogP contribution in [0.25, 0.3) is 10.8 Å². The topological polar surface area (TPSA) is 385 Å². The predicted molar refractivity (Wildman–Crippen MR) is 212 cm³/mol. The third-order valence-electron chi connectivity index (χ3n) is 8.28. The quantitative estimate of drug-likeness (QED) is 0.0175. The summed E-state index contributed by atoms with van der Waals surface area (Å²) in [7, 11) is -9.47. The minimum absolute atomic E-state index is 0.00704. The second kappa shape index (κ2) is 17.6. The van der Waals surface area contributed by atoms with E-state index in [-0.39, 0.29) is 34.1 Å². The molecule has 0 unspecified atom stereocenters. The second-order valence-electron chi connectivity index (χ2n) is 12.4. The molecule has 0 saturated carbocycles. The molecule has 5 aromatic carbocycles. The fourth-order valence-corrected chi connectivity index (χ4v) is 6.76. The van der Waals surface area contributed by atoms with Crippen LogP contribution >= 0.6 is 0 Å². The SMILES string of the molecule is COc1cc(N=Nc2cccc(C(=O)O)c2)c(C)cc1N=Nc1cc(S(=O)(=O)O)c2cc(S(=O)(=O)O)c(N=Nc3ccc(NC(=O)CCC(=O)O)cc3[N+](=O)[O-])c(O)c2c1N. The molecule has 8 N–H and O–H groups in total. The number of anilines is 2. The third-order valence-corrected chi connectivity index (χ3v) is 10.0. The second-order valence-corrected chi connectivity index (χ2v) is 15.2. The first-order valence-electron chi connectivity index (χ1n) is 16.7. The number of azo groups is 3. The number of hydrogen-bond acceptors (Lipinski definition) is 18. The number of nitro groups is 1. The number of nitrogens with two attached hydrogens (primary N) is 1.